The molecule has 2 nitrogen and oxygen atoms in total. The van der Waals surface area contributed by atoms with Crippen molar-refractivity contribution in [1.82, 2.24) is 5.32 Å². The van der Waals surface area contributed by atoms with Crippen molar-refractivity contribution in [3.63, 3.8) is 0 Å². The van der Waals surface area contributed by atoms with Gasteiger partial charge >= 0.3 is 0 Å². The SMILES string of the molecule is CCC(=O)NCC1(CC)CCC1. The highest BCUT2D eigenvalue weighted by Crippen LogP contribution is 2.42. The molecule has 1 saturated carbocycles. The molecular formula is C10H19NO. The Balaban J connectivity index is 2.24. The van der Waals surface area contributed by atoms with Gasteiger partial charge in [-0.25, -0.2) is 0 Å². The van der Waals surface area contributed by atoms with E-state index in [-0.39, 0.29) is 5.91 Å². The van der Waals surface area contributed by atoms with Gasteiger partial charge in [-0.2, -0.15) is 0 Å². The van der Waals surface area contributed by atoms with Crippen molar-refractivity contribution in [1.29, 1.82) is 0 Å². The van der Waals surface area contributed by atoms with E-state index in [0.717, 1.165) is 6.54 Å². The van der Waals surface area contributed by atoms with E-state index in [1.165, 1.54) is 25.7 Å². The predicted molar refractivity (Wildman–Crippen MR) is 49.9 cm³/mol. The summed E-state index contributed by atoms with van der Waals surface area (Å²) in [5, 5.41) is 2.99. The Kier molecular flexibility index (Phi) is 3.12. The predicted octanol–water partition coefficient (Wildman–Crippen LogP) is 2.09. The largest absolute Gasteiger partial charge is 0.356 e. The zero-order valence-corrected chi connectivity index (χ0v) is 8.15. The Hall–Kier alpha value is -0.530. The summed E-state index contributed by atoms with van der Waals surface area (Å²) in [5.41, 5.74) is 0.463. The highest BCUT2D eigenvalue weighted by Gasteiger charge is 2.34. The Morgan fingerprint density at radius 1 is 1.42 bits per heavy atom. The average Bonchev–Trinajstić information content (AvgIpc) is 2.03. The van der Waals surface area contributed by atoms with Gasteiger partial charge in [-0.3, -0.25) is 4.79 Å². The van der Waals surface area contributed by atoms with E-state index < -0.39 is 0 Å². The van der Waals surface area contributed by atoms with Gasteiger partial charge in [0, 0.05) is 13.0 Å². The number of carbonyl (C=O) groups excluding carboxylic acids is 1. The van der Waals surface area contributed by atoms with Gasteiger partial charge in [-0.05, 0) is 24.7 Å². The van der Waals surface area contributed by atoms with Gasteiger partial charge in [-0.1, -0.05) is 20.3 Å². The summed E-state index contributed by atoms with van der Waals surface area (Å²) < 4.78 is 0. The summed E-state index contributed by atoms with van der Waals surface area (Å²) in [6.07, 6.45) is 5.76. The normalized spacial score (nSPS) is 19.8. The summed E-state index contributed by atoms with van der Waals surface area (Å²) in [5.74, 6) is 0.190. The van der Waals surface area contributed by atoms with Crippen molar-refractivity contribution < 1.29 is 4.79 Å². The van der Waals surface area contributed by atoms with Gasteiger partial charge in [-0.15, -0.1) is 0 Å². The minimum absolute atomic E-state index is 0.190. The van der Waals surface area contributed by atoms with E-state index in [9.17, 15) is 4.79 Å². The van der Waals surface area contributed by atoms with Gasteiger partial charge in [0.05, 0.1) is 0 Å². The zero-order valence-electron chi connectivity index (χ0n) is 8.15. The monoisotopic (exact) mass is 169 g/mol. The molecule has 0 saturated heterocycles. The molecule has 1 rings (SSSR count). The van der Waals surface area contributed by atoms with Crippen LogP contribution in [0.3, 0.4) is 0 Å². The molecule has 70 valence electrons. The molecular weight excluding hydrogens is 150 g/mol. The molecule has 1 aliphatic rings. The number of nitrogens with one attached hydrogen (secondary N) is 1. The highest BCUT2D eigenvalue weighted by molar-refractivity contribution is 5.75. The van der Waals surface area contributed by atoms with Crippen LogP contribution in [0.15, 0.2) is 0 Å². The molecule has 0 aromatic carbocycles. The van der Waals surface area contributed by atoms with Crippen molar-refractivity contribution in [3.05, 3.63) is 0 Å². The van der Waals surface area contributed by atoms with Gasteiger partial charge in [0.15, 0.2) is 0 Å². The molecule has 12 heavy (non-hydrogen) atoms. The first-order chi connectivity index (χ1) is 5.72. The van der Waals surface area contributed by atoms with Crippen LogP contribution in [-0.4, -0.2) is 12.5 Å². The van der Waals surface area contributed by atoms with Crippen LogP contribution in [0.25, 0.3) is 0 Å². The van der Waals surface area contributed by atoms with E-state index in [0.29, 0.717) is 11.8 Å². The molecule has 0 atom stereocenters. The fourth-order valence-electron chi connectivity index (χ4n) is 1.74. The number of hydrogen-bond acceptors (Lipinski definition) is 1. The smallest absolute Gasteiger partial charge is 0.219 e. The number of hydrogen-bond donors (Lipinski definition) is 1. The van der Waals surface area contributed by atoms with Gasteiger partial charge in [0.25, 0.3) is 0 Å². The van der Waals surface area contributed by atoms with E-state index in [1.54, 1.807) is 0 Å². The van der Waals surface area contributed by atoms with Gasteiger partial charge in [0.1, 0.15) is 0 Å². The third kappa shape index (κ3) is 1.99. The molecule has 0 heterocycles. The summed E-state index contributed by atoms with van der Waals surface area (Å²) in [6.45, 7) is 5.02. The lowest BCUT2D eigenvalue weighted by molar-refractivity contribution is -0.121. The molecule has 1 N–H and O–H groups in total. The fraction of sp³-hybridized carbons (Fsp3) is 0.900. The second-order valence-electron chi connectivity index (χ2n) is 3.84. The number of rotatable bonds is 4. The second-order valence-corrected chi connectivity index (χ2v) is 3.84. The standard InChI is InChI=1S/C10H19NO/c1-3-9(12)11-8-10(4-2)6-5-7-10/h3-8H2,1-2H3,(H,11,12). The Labute approximate surface area is 74.7 Å². The van der Waals surface area contributed by atoms with Crippen LogP contribution in [0.4, 0.5) is 0 Å². The van der Waals surface area contributed by atoms with Gasteiger partial charge < -0.3 is 5.32 Å². The van der Waals surface area contributed by atoms with Crippen molar-refractivity contribution in [2.45, 2.75) is 46.0 Å². The highest BCUT2D eigenvalue weighted by atomic mass is 16.1. The minimum Gasteiger partial charge on any atom is -0.356 e. The lowest BCUT2D eigenvalue weighted by Crippen LogP contribution is -2.41. The maximum atomic E-state index is 11.0. The maximum Gasteiger partial charge on any atom is 0.219 e. The molecule has 0 bridgehead atoms. The maximum absolute atomic E-state index is 11.0. The van der Waals surface area contributed by atoms with Gasteiger partial charge in [0.2, 0.25) is 5.91 Å². The molecule has 0 aliphatic heterocycles. The molecule has 1 aliphatic carbocycles. The van der Waals surface area contributed by atoms with Crippen molar-refractivity contribution in [3.8, 4) is 0 Å². The lowest BCUT2D eigenvalue weighted by atomic mass is 9.67. The summed E-state index contributed by atoms with van der Waals surface area (Å²) in [7, 11) is 0. The molecule has 0 aromatic rings. The summed E-state index contributed by atoms with van der Waals surface area (Å²) in [4.78, 5) is 11.0. The van der Waals surface area contributed by atoms with Crippen LogP contribution in [0.1, 0.15) is 46.0 Å². The first-order valence-electron chi connectivity index (χ1n) is 4.99. The molecule has 0 spiro atoms. The quantitative estimate of drug-likeness (QED) is 0.686. The third-order valence-corrected chi connectivity index (χ3v) is 3.15. The Morgan fingerprint density at radius 3 is 2.42 bits per heavy atom. The third-order valence-electron chi connectivity index (χ3n) is 3.15. The van der Waals surface area contributed by atoms with E-state index in [4.69, 9.17) is 0 Å². The molecule has 1 fully saturated rings. The molecule has 1 amide bonds. The topological polar surface area (TPSA) is 29.1 Å². The van der Waals surface area contributed by atoms with Crippen LogP contribution in [-0.2, 0) is 4.79 Å². The van der Waals surface area contributed by atoms with Crippen LogP contribution in [0, 0.1) is 5.41 Å². The van der Waals surface area contributed by atoms with Crippen LogP contribution >= 0.6 is 0 Å². The number of carbonyl (C=O) groups is 1. The Morgan fingerprint density at radius 2 is 2.08 bits per heavy atom. The first-order valence-corrected chi connectivity index (χ1v) is 4.99. The van der Waals surface area contributed by atoms with Crippen molar-refractivity contribution in [2.24, 2.45) is 5.41 Å². The first kappa shape index (κ1) is 9.56. The zero-order chi connectivity index (χ0) is 9.03. The van der Waals surface area contributed by atoms with Crippen LogP contribution in [0.5, 0.6) is 0 Å². The van der Waals surface area contributed by atoms with Crippen molar-refractivity contribution in [2.75, 3.05) is 6.54 Å². The van der Waals surface area contributed by atoms with Crippen LogP contribution in [0.2, 0.25) is 0 Å². The van der Waals surface area contributed by atoms with Crippen LogP contribution < -0.4 is 5.32 Å². The van der Waals surface area contributed by atoms with E-state index >= 15 is 0 Å². The average molecular weight is 169 g/mol. The number of amides is 1. The fourth-order valence-corrected chi connectivity index (χ4v) is 1.74. The van der Waals surface area contributed by atoms with E-state index in [2.05, 4.69) is 12.2 Å². The van der Waals surface area contributed by atoms with E-state index in [1.807, 2.05) is 6.92 Å². The summed E-state index contributed by atoms with van der Waals surface area (Å²) in [6, 6.07) is 0. The molecule has 0 unspecified atom stereocenters. The molecule has 2 heteroatoms. The molecule has 0 aromatic heterocycles. The van der Waals surface area contributed by atoms with Crippen molar-refractivity contribution >= 4 is 5.91 Å². The second kappa shape index (κ2) is 3.92. The molecule has 0 radical (unpaired) electrons. The minimum atomic E-state index is 0.190. The Bertz CT molecular complexity index is 156. The summed E-state index contributed by atoms with van der Waals surface area (Å²) >= 11 is 0. The lowest BCUT2D eigenvalue weighted by Gasteiger charge is -2.41.